The number of hydrogen-bond donors (Lipinski definition) is 0. The van der Waals surface area contributed by atoms with Crippen molar-refractivity contribution in [1.29, 1.82) is 0 Å². The zero-order valence-corrected chi connectivity index (χ0v) is 14.0. The van der Waals surface area contributed by atoms with Crippen LogP contribution in [0, 0.1) is 0 Å². The Morgan fingerprint density at radius 2 is 1.13 bits per heavy atom. The van der Waals surface area contributed by atoms with Gasteiger partial charge in [-0.25, -0.2) is 0 Å². The molecule has 0 nitrogen and oxygen atoms in total. The van der Waals surface area contributed by atoms with Gasteiger partial charge in [0.1, 0.15) is 0 Å². The molecule has 1 radical (unpaired) electrons. The second-order valence-corrected chi connectivity index (χ2v) is 18.8. The number of hydrogen-bond acceptors (Lipinski definition) is 1. The quantitative estimate of drug-likeness (QED) is 0.431. The van der Waals surface area contributed by atoms with Gasteiger partial charge in [0.05, 0.1) is 0 Å². The first-order chi connectivity index (χ1) is 7.24. The predicted molar refractivity (Wildman–Crippen MR) is 78.3 cm³/mol. The van der Waals surface area contributed by atoms with Crippen molar-refractivity contribution in [2.45, 2.75) is 74.9 Å². The molecular formula is C12H27AsClS. The second kappa shape index (κ2) is 10.4. The number of unbranched alkanes of at least 4 members (excludes halogenated alkanes) is 3. The summed E-state index contributed by atoms with van der Waals surface area (Å²) >= 11 is -1.51. The molecule has 0 rings (SSSR count). The van der Waals surface area contributed by atoms with Crippen LogP contribution in [0.15, 0.2) is 0 Å². The Kier molecular flexibility index (Phi) is 11.2. The monoisotopic (exact) mass is 313 g/mol. The molecule has 93 valence electrons. The molecular weight excluding hydrogens is 287 g/mol. The molecule has 0 aromatic rings. The molecule has 3 heteroatoms. The summed E-state index contributed by atoms with van der Waals surface area (Å²) in [6.45, 7) is 6.88. The van der Waals surface area contributed by atoms with Crippen molar-refractivity contribution in [3.8, 4) is 0 Å². The van der Waals surface area contributed by atoms with E-state index in [-0.39, 0.29) is 0 Å². The topological polar surface area (TPSA) is 0 Å². The fraction of sp³-hybridized carbons (Fsp3) is 1.00. The van der Waals surface area contributed by atoms with Gasteiger partial charge in [-0.3, -0.25) is 0 Å². The van der Waals surface area contributed by atoms with E-state index in [2.05, 4.69) is 20.8 Å². The fourth-order valence-corrected chi connectivity index (χ4v) is 15.6. The summed E-state index contributed by atoms with van der Waals surface area (Å²) in [7, 11) is 8.01. The summed E-state index contributed by atoms with van der Waals surface area (Å²) in [6.07, 6.45) is 8.21. The van der Waals surface area contributed by atoms with E-state index in [4.69, 9.17) is 10.7 Å². The third-order valence-electron chi connectivity index (χ3n) is 2.90. The Hall–Kier alpha value is 1.20. The van der Waals surface area contributed by atoms with Crippen molar-refractivity contribution in [1.82, 2.24) is 0 Å². The van der Waals surface area contributed by atoms with E-state index < -0.39 is 12.4 Å². The Morgan fingerprint density at radius 3 is 1.33 bits per heavy atom. The molecule has 0 aromatic heterocycles. The van der Waals surface area contributed by atoms with Crippen LogP contribution in [0.25, 0.3) is 0 Å². The van der Waals surface area contributed by atoms with Crippen LogP contribution in [0.4, 0.5) is 0 Å². The maximum absolute atomic E-state index is 6.22. The van der Waals surface area contributed by atoms with Gasteiger partial charge in [-0.15, -0.1) is 0 Å². The van der Waals surface area contributed by atoms with Gasteiger partial charge in [-0.1, -0.05) is 0 Å². The molecule has 0 aliphatic heterocycles. The molecule has 0 atom stereocenters. The van der Waals surface area contributed by atoms with Crippen molar-refractivity contribution >= 4 is 32.3 Å². The van der Waals surface area contributed by atoms with Crippen molar-refractivity contribution in [2.24, 2.45) is 0 Å². The van der Waals surface area contributed by atoms with Crippen molar-refractivity contribution in [3.05, 3.63) is 0 Å². The number of halogens is 1. The molecule has 0 unspecified atom stereocenters. The molecule has 0 aromatic carbocycles. The summed E-state index contributed by atoms with van der Waals surface area (Å²) in [6, 6.07) is 0. The molecule has 0 saturated heterocycles. The predicted octanol–water partition coefficient (Wildman–Crippen LogP) is 6.22. The fourth-order valence-electron chi connectivity index (χ4n) is 1.78. The third-order valence-corrected chi connectivity index (χ3v) is 19.6. The van der Waals surface area contributed by atoms with Gasteiger partial charge in [-0.2, -0.15) is 0 Å². The first-order valence-corrected chi connectivity index (χ1v) is 14.3. The summed E-state index contributed by atoms with van der Waals surface area (Å²) < 4.78 is 0. The summed E-state index contributed by atoms with van der Waals surface area (Å²) in [4.78, 5) is 0. The Labute approximate surface area is 107 Å². The average molecular weight is 314 g/mol. The molecule has 0 fully saturated rings. The third kappa shape index (κ3) is 7.18. The molecule has 15 heavy (non-hydrogen) atoms. The van der Waals surface area contributed by atoms with Gasteiger partial charge in [-0.05, 0) is 0 Å². The van der Waals surface area contributed by atoms with Crippen LogP contribution in [0.1, 0.15) is 59.3 Å². The molecule has 0 bridgehead atoms. The van der Waals surface area contributed by atoms with Gasteiger partial charge in [0.2, 0.25) is 0 Å². The molecule has 0 spiro atoms. The molecule has 0 aliphatic carbocycles. The van der Waals surface area contributed by atoms with Crippen molar-refractivity contribution < 1.29 is 0 Å². The summed E-state index contributed by atoms with van der Waals surface area (Å²) in [5.74, 6) is 0. The van der Waals surface area contributed by atoms with Crippen LogP contribution in [0.3, 0.4) is 0 Å². The van der Waals surface area contributed by atoms with E-state index in [0.29, 0.717) is 0 Å². The van der Waals surface area contributed by atoms with Crippen LogP contribution in [-0.2, 0) is 0 Å². The Bertz CT molecular complexity index is 120. The Balaban J connectivity index is 4.16. The molecule has 0 aliphatic rings. The van der Waals surface area contributed by atoms with Crippen molar-refractivity contribution in [3.63, 3.8) is 0 Å². The average Bonchev–Trinajstić information content (AvgIpc) is 2.29. The second-order valence-electron chi connectivity index (χ2n) is 4.36. The molecule has 0 saturated carbocycles. The van der Waals surface area contributed by atoms with Crippen LogP contribution in [0.5, 0.6) is 0 Å². The van der Waals surface area contributed by atoms with E-state index in [1.165, 1.54) is 54.2 Å². The van der Waals surface area contributed by atoms with E-state index in [1.807, 2.05) is 0 Å². The SMILES string of the molecule is CCCC[As](CCCC)(CCCC)SCl. The van der Waals surface area contributed by atoms with E-state index in [1.54, 1.807) is 9.24 Å². The van der Waals surface area contributed by atoms with Crippen LogP contribution in [0.2, 0.25) is 15.6 Å². The van der Waals surface area contributed by atoms with Gasteiger partial charge < -0.3 is 0 Å². The van der Waals surface area contributed by atoms with Gasteiger partial charge in [0.25, 0.3) is 0 Å². The number of rotatable bonds is 10. The van der Waals surface area contributed by atoms with E-state index >= 15 is 0 Å². The standard InChI is InChI=1S/C12H27AsClS/c1-4-7-10-13(15-14,11-8-5-2)12-9-6-3/h4-12H2,1-3H3. The normalized spacial score (nSPS) is 12.0. The molecule has 0 heterocycles. The maximum atomic E-state index is 6.22. The van der Waals surface area contributed by atoms with Crippen LogP contribution < -0.4 is 0 Å². The first kappa shape index (κ1) is 16.2. The summed E-state index contributed by atoms with van der Waals surface area (Å²) in [5.41, 5.74) is 0. The Morgan fingerprint density at radius 1 is 0.800 bits per heavy atom. The minimum absolute atomic E-state index is 1.33. The van der Waals surface area contributed by atoms with Gasteiger partial charge >= 0.3 is 107 Å². The van der Waals surface area contributed by atoms with Gasteiger partial charge in [0.15, 0.2) is 0 Å². The first-order valence-electron chi connectivity index (χ1n) is 6.41. The van der Waals surface area contributed by atoms with Crippen LogP contribution >= 0.6 is 19.9 Å². The zero-order valence-electron chi connectivity index (χ0n) is 10.6. The zero-order chi connectivity index (χ0) is 11.6. The van der Waals surface area contributed by atoms with Crippen LogP contribution in [-0.4, -0.2) is 12.4 Å². The minimum atomic E-state index is -1.51. The molecule has 0 N–H and O–H groups in total. The van der Waals surface area contributed by atoms with E-state index in [9.17, 15) is 0 Å². The molecule has 0 amide bonds. The summed E-state index contributed by atoms with van der Waals surface area (Å²) in [5, 5.41) is 4.43. The van der Waals surface area contributed by atoms with Gasteiger partial charge in [0, 0.05) is 0 Å². The van der Waals surface area contributed by atoms with E-state index in [0.717, 1.165) is 0 Å². The van der Waals surface area contributed by atoms with Crippen molar-refractivity contribution in [2.75, 3.05) is 0 Å².